The zero-order valence-corrected chi connectivity index (χ0v) is 11.0. The van der Waals surface area contributed by atoms with Gasteiger partial charge < -0.3 is 10.1 Å². The van der Waals surface area contributed by atoms with Crippen molar-refractivity contribution in [3.63, 3.8) is 0 Å². The topological polar surface area (TPSA) is 52.0 Å². The fraction of sp³-hybridized carbons (Fsp3) is 0.385. The molecule has 1 heterocycles. The Balaban J connectivity index is 2.12. The number of methoxy groups -OCH3 is 1. The third-order valence-corrected chi connectivity index (χ3v) is 2.73. The molecule has 0 aliphatic heterocycles. The molecule has 1 aromatic carbocycles. The lowest BCUT2D eigenvalue weighted by Crippen LogP contribution is -2.08. The summed E-state index contributed by atoms with van der Waals surface area (Å²) in [5.41, 5.74) is 1.18. The summed E-state index contributed by atoms with van der Waals surface area (Å²) < 4.78 is 7.05. The van der Waals surface area contributed by atoms with Gasteiger partial charge in [-0.3, -0.25) is 0 Å². The summed E-state index contributed by atoms with van der Waals surface area (Å²) in [6.07, 6.45) is 0. The largest absolute Gasteiger partial charge is 0.497 e. The number of hydrogen-bond acceptors (Lipinski definition) is 4. The molecule has 0 bridgehead atoms. The van der Waals surface area contributed by atoms with E-state index in [9.17, 15) is 0 Å². The molecule has 0 saturated heterocycles. The number of benzene rings is 1. The summed E-state index contributed by atoms with van der Waals surface area (Å²) in [5.74, 6) is 2.62. The van der Waals surface area contributed by atoms with E-state index in [0.29, 0.717) is 6.54 Å². The van der Waals surface area contributed by atoms with Gasteiger partial charge in [0.25, 0.3) is 0 Å². The van der Waals surface area contributed by atoms with Gasteiger partial charge in [-0.05, 0) is 31.7 Å². The summed E-state index contributed by atoms with van der Waals surface area (Å²) in [6, 6.07) is 7.99. The van der Waals surface area contributed by atoms with Crippen LogP contribution < -0.4 is 10.1 Å². The molecule has 0 spiro atoms. The first-order chi connectivity index (χ1) is 8.72. The molecule has 0 radical (unpaired) electrons. The lowest BCUT2D eigenvalue weighted by Gasteiger charge is -2.04. The number of aryl methyl sites for hydroxylation is 1. The highest BCUT2D eigenvalue weighted by atomic mass is 16.5. The number of aromatic nitrogens is 3. The second-order valence-corrected chi connectivity index (χ2v) is 4.11. The molecular weight excluding hydrogens is 228 g/mol. The van der Waals surface area contributed by atoms with Gasteiger partial charge in [-0.1, -0.05) is 12.1 Å². The molecule has 1 N–H and O–H groups in total. The van der Waals surface area contributed by atoms with Gasteiger partial charge in [0.1, 0.15) is 11.6 Å². The van der Waals surface area contributed by atoms with E-state index in [1.54, 1.807) is 7.11 Å². The molecular formula is C13H18N4O. The number of nitrogens with one attached hydrogen (secondary N) is 1. The maximum Gasteiger partial charge on any atom is 0.164 e. The molecule has 0 aliphatic carbocycles. The van der Waals surface area contributed by atoms with Gasteiger partial charge in [0, 0.05) is 0 Å². The van der Waals surface area contributed by atoms with Crippen molar-refractivity contribution in [2.75, 3.05) is 14.2 Å². The Labute approximate surface area is 107 Å². The maximum absolute atomic E-state index is 5.14. The molecule has 96 valence electrons. The first kappa shape index (κ1) is 12.6. The van der Waals surface area contributed by atoms with Gasteiger partial charge in [-0.15, -0.1) is 0 Å². The van der Waals surface area contributed by atoms with E-state index < -0.39 is 0 Å². The van der Waals surface area contributed by atoms with Crippen molar-refractivity contribution in [3.05, 3.63) is 41.5 Å². The Morgan fingerprint density at radius 3 is 2.61 bits per heavy atom. The minimum atomic E-state index is 0.691. The average molecular weight is 246 g/mol. The lowest BCUT2D eigenvalue weighted by atomic mass is 10.2. The SMILES string of the molecule is CNCc1nc(C)n(Cc2ccc(OC)cc2)n1. The standard InChI is InChI=1S/C13H18N4O/c1-10-15-13(8-14-2)16-17(10)9-11-4-6-12(18-3)7-5-11/h4-7,14H,8-9H2,1-3H3. The van der Waals surface area contributed by atoms with E-state index in [1.807, 2.05) is 42.9 Å². The van der Waals surface area contributed by atoms with Gasteiger partial charge in [-0.2, -0.15) is 5.10 Å². The normalized spacial score (nSPS) is 10.6. The number of ether oxygens (including phenoxy) is 1. The fourth-order valence-corrected chi connectivity index (χ4v) is 1.77. The Hall–Kier alpha value is -1.88. The molecule has 1 aromatic heterocycles. The van der Waals surface area contributed by atoms with Crippen LogP contribution in [0.2, 0.25) is 0 Å². The first-order valence-electron chi connectivity index (χ1n) is 5.91. The average Bonchev–Trinajstić information content (AvgIpc) is 2.71. The van der Waals surface area contributed by atoms with E-state index in [1.165, 1.54) is 5.56 Å². The maximum atomic E-state index is 5.14. The van der Waals surface area contributed by atoms with Crippen LogP contribution in [-0.4, -0.2) is 28.9 Å². The number of rotatable bonds is 5. The predicted octanol–water partition coefficient (Wildman–Crippen LogP) is 1.36. The van der Waals surface area contributed by atoms with Gasteiger partial charge in [0.05, 0.1) is 20.2 Å². The number of hydrogen-bond donors (Lipinski definition) is 1. The Bertz CT molecular complexity index is 504. The van der Waals surface area contributed by atoms with E-state index >= 15 is 0 Å². The molecule has 0 saturated carbocycles. The van der Waals surface area contributed by atoms with E-state index in [4.69, 9.17) is 4.74 Å². The van der Waals surface area contributed by atoms with Crippen molar-refractivity contribution >= 4 is 0 Å². The van der Waals surface area contributed by atoms with Crippen molar-refractivity contribution in [2.45, 2.75) is 20.0 Å². The molecule has 0 amide bonds. The molecule has 2 aromatic rings. The smallest absolute Gasteiger partial charge is 0.164 e. The monoisotopic (exact) mass is 246 g/mol. The van der Waals surface area contributed by atoms with Gasteiger partial charge in [-0.25, -0.2) is 9.67 Å². The molecule has 0 unspecified atom stereocenters. The minimum Gasteiger partial charge on any atom is -0.497 e. The molecule has 5 nitrogen and oxygen atoms in total. The molecule has 0 aliphatic rings. The predicted molar refractivity (Wildman–Crippen MR) is 69.6 cm³/mol. The van der Waals surface area contributed by atoms with Gasteiger partial charge in [0.15, 0.2) is 5.82 Å². The minimum absolute atomic E-state index is 0.691. The van der Waals surface area contributed by atoms with Crippen LogP contribution in [0.1, 0.15) is 17.2 Å². The fourth-order valence-electron chi connectivity index (χ4n) is 1.77. The highest BCUT2D eigenvalue weighted by Gasteiger charge is 2.05. The van der Waals surface area contributed by atoms with Crippen molar-refractivity contribution in [1.29, 1.82) is 0 Å². The Morgan fingerprint density at radius 2 is 2.00 bits per heavy atom. The van der Waals surface area contributed by atoms with Crippen molar-refractivity contribution in [3.8, 4) is 5.75 Å². The van der Waals surface area contributed by atoms with Crippen molar-refractivity contribution in [2.24, 2.45) is 0 Å². The van der Waals surface area contributed by atoms with Crippen molar-refractivity contribution < 1.29 is 4.74 Å². The zero-order chi connectivity index (χ0) is 13.0. The van der Waals surface area contributed by atoms with E-state index in [-0.39, 0.29) is 0 Å². The summed E-state index contributed by atoms with van der Waals surface area (Å²) in [5, 5.41) is 7.50. The van der Waals surface area contributed by atoms with Gasteiger partial charge >= 0.3 is 0 Å². The molecule has 0 fully saturated rings. The van der Waals surface area contributed by atoms with Crippen LogP contribution in [0.25, 0.3) is 0 Å². The van der Waals surface area contributed by atoms with Crippen LogP contribution in [0, 0.1) is 6.92 Å². The third kappa shape index (κ3) is 2.87. The van der Waals surface area contributed by atoms with E-state index in [0.717, 1.165) is 23.9 Å². The summed E-state index contributed by atoms with van der Waals surface area (Å²) in [4.78, 5) is 4.39. The van der Waals surface area contributed by atoms with Crippen LogP contribution in [0.5, 0.6) is 5.75 Å². The highest BCUT2D eigenvalue weighted by molar-refractivity contribution is 5.27. The third-order valence-electron chi connectivity index (χ3n) is 2.73. The van der Waals surface area contributed by atoms with Crippen molar-refractivity contribution in [1.82, 2.24) is 20.1 Å². The van der Waals surface area contributed by atoms with E-state index in [2.05, 4.69) is 15.4 Å². The Kier molecular flexibility index (Phi) is 3.94. The molecule has 2 rings (SSSR count). The quantitative estimate of drug-likeness (QED) is 0.865. The van der Waals surface area contributed by atoms with Crippen LogP contribution in [0.15, 0.2) is 24.3 Å². The molecule has 5 heteroatoms. The Morgan fingerprint density at radius 1 is 1.28 bits per heavy atom. The van der Waals surface area contributed by atoms with Crippen LogP contribution in [-0.2, 0) is 13.1 Å². The van der Waals surface area contributed by atoms with Crippen LogP contribution >= 0.6 is 0 Å². The second kappa shape index (κ2) is 5.64. The zero-order valence-electron chi connectivity index (χ0n) is 11.0. The molecule has 18 heavy (non-hydrogen) atoms. The summed E-state index contributed by atoms with van der Waals surface area (Å²) >= 11 is 0. The summed E-state index contributed by atoms with van der Waals surface area (Å²) in [6.45, 7) is 3.39. The van der Waals surface area contributed by atoms with Crippen LogP contribution in [0.3, 0.4) is 0 Å². The lowest BCUT2D eigenvalue weighted by molar-refractivity contribution is 0.414. The van der Waals surface area contributed by atoms with Gasteiger partial charge in [0.2, 0.25) is 0 Å². The second-order valence-electron chi connectivity index (χ2n) is 4.11. The first-order valence-corrected chi connectivity index (χ1v) is 5.91. The summed E-state index contributed by atoms with van der Waals surface area (Å²) in [7, 11) is 3.56. The van der Waals surface area contributed by atoms with Crippen LogP contribution in [0.4, 0.5) is 0 Å². The number of nitrogens with zero attached hydrogens (tertiary/aromatic N) is 3. The molecule has 0 atom stereocenters. The highest BCUT2D eigenvalue weighted by Crippen LogP contribution is 2.12.